The van der Waals surface area contributed by atoms with Crippen molar-refractivity contribution in [1.82, 2.24) is 0 Å². The van der Waals surface area contributed by atoms with Gasteiger partial charge < -0.3 is 4.42 Å². The van der Waals surface area contributed by atoms with E-state index in [0.29, 0.717) is 11.5 Å². The number of furan rings is 1. The van der Waals surface area contributed by atoms with Crippen LogP contribution in [0.15, 0.2) is 40.8 Å². The van der Waals surface area contributed by atoms with E-state index in [-0.39, 0.29) is 11.5 Å². The lowest BCUT2D eigenvalue weighted by Gasteiger charge is -2.08. The average molecular weight is 273 g/mol. The molecule has 0 radical (unpaired) electrons. The Hall–Kier alpha value is -2.43. The second-order valence-corrected chi connectivity index (χ2v) is 4.66. The molecule has 0 saturated heterocycles. The maximum Gasteiger partial charge on any atom is 0.433 e. The molecule has 1 aromatic carbocycles. The molecule has 1 aromatic heterocycles. The van der Waals surface area contributed by atoms with E-state index in [4.69, 9.17) is 4.42 Å². The van der Waals surface area contributed by atoms with Crippen molar-refractivity contribution in [1.29, 1.82) is 0 Å². The number of rotatable bonds is 5. The van der Waals surface area contributed by atoms with Gasteiger partial charge in [0.2, 0.25) is 5.78 Å². The third-order valence-corrected chi connectivity index (χ3v) is 3.35. The van der Waals surface area contributed by atoms with Crippen molar-refractivity contribution < 1.29 is 14.1 Å². The van der Waals surface area contributed by atoms with Crippen LogP contribution in [0.5, 0.6) is 0 Å². The van der Waals surface area contributed by atoms with E-state index in [1.54, 1.807) is 12.1 Å². The first-order valence-corrected chi connectivity index (χ1v) is 6.41. The van der Waals surface area contributed by atoms with Crippen molar-refractivity contribution in [3.8, 4) is 0 Å². The first kappa shape index (κ1) is 14.0. The molecule has 2 aromatic rings. The van der Waals surface area contributed by atoms with Crippen molar-refractivity contribution in [3.05, 3.63) is 63.4 Å². The summed E-state index contributed by atoms with van der Waals surface area (Å²) in [4.78, 5) is 22.0. The summed E-state index contributed by atoms with van der Waals surface area (Å²) in [7, 11) is 0. The van der Waals surface area contributed by atoms with E-state index >= 15 is 0 Å². The van der Waals surface area contributed by atoms with E-state index in [0.717, 1.165) is 12.0 Å². The molecule has 0 aliphatic rings. The van der Waals surface area contributed by atoms with Crippen molar-refractivity contribution in [2.24, 2.45) is 0 Å². The van der Waals surface area contributed by atoms with Gasteiger partial charge in [-0.15, -0.1) is 0 Å². The fourth-order valence-corrected chi connectivity index (χ4v) is 1.89. The van der Waals surface area contributed by atoms with Crippen LogP contribution in [0.4, 0.5) is 5.88 Å². The minimum absolute atomic E-state index is 0.0204. The fourth-order valence-electron chi connectivity index (χ4n) is 1.89. The van der Waals surface area contributed by atoms with Crippen LogP contribution in [0.2, 0.25) is 0 Å². The highest BCUT2D eigenvalue weighted by Gasteiger charge is 2.18. The number of benzene rings is 1. The van der Waals surface area contributed by atoms with Gasteiger partial charge in [-0.1, -0.05) is 38.1 Å². The zero-order valence-electron chi connectivity index (χ0n) is 11.3. The molecule has 20 heavy (non-hydrogen) atoms. The Morgan fingerprint density at radius 2 is 1.90 bits per heavy atom. The SMILES string of the molecule is CCC(C)c1ccc(C(=O)c2ccc([N+](=O)[O-])o2)cc1. The van der Waals surface area contributed by atoms with E-state index in [9.17, 15) is 14.9 Å². The maximum atomic E-state index is 12.1. The highest BCUT2D eigenvalue weighted by Crippen LogP contribution is 2.22. The van der Waals surface area contributed by atoms with Crippen LogP contribution in [0.25, 0.3) is 0 Å². The summed E-state index contributed by atoms with van der Waals surface area (Å²) in [5.74, 6) is -0.366. The third kappa shape index (κ3) is 2.77. The molecule has 1 heterocycles. The van der Waals surface area contributed by atoms with E-state index in [2.05, 4.69) is 13.8 Å². The number of carbonyl (C=O) groups is 1. The zero-order chi connectivity index (χ0) is 14.7. The van der Waals surface area contributed by atoms with Gasteiger partial charge in [-0.25, -0.2) is 0 Å². The predicted octanol–water partition coefficient (Wildman–Crippen LogP) is 3.93. The van der Waals surface area contributed by atoms with Crippen LogP contribution < -0.4 is 0 Å². The summed E-state index contributed by atoms with van der Waals surface area (Å²) in [6.07, 6.45) is 1.03. The Kier molecular flexibility index (Phi) is 3.98. The summed E-state index contributed by atoms with van der Waals surface area (Å²) in [6.45, 7) is 4.22. The van der Waals surface area contributed by atoms with Gasteiger partial charge in [0.15, 0.2) is 5.76 Å². The fraction of sp³-hybridized carbons (Fsp3) is 0.267. The van der Waals surface area contributed by atoms with Crippen LogP contribution in [-0.2, 0) is 0 Å². The highest BCUT2D eigenvalue weighted by atomic mass is 16.6. The number of ketones is 1. The largest absolute Gasteiger partial charge is 0.433 e. The van der Waals surface area contributed by atoms with Crippen LogP contribution in [0.3, 0.4) is 0 Å². The molecule has 0 aliphatic heterocycles. The molecule has 0 spiro atoms. The van der Waals surface area contributed by atoms with E-state index < -0.39 is 10.8 Å². The summed E-state index contributed by atoms with van der Waals surface area (Å²) in [5, 5.41) is 10.5. The number of nitro groups is 1. The Morgan fingerprint density at radius 3 is 2.40 bits per heavy atom. The van der Waals surface area contributed by atoms with Gasteiger partial charge in [-0.05, 0) is 24.0 Å². The molecule has 0 N–H and O–H groups in total. The monoisotopic (exact) mass is 273 g/mol. The summed E-state index contributed by atoms with van der Waals surface area (Å²) < 4.78 is 4.91. The molecule has 0 bridgehead atoms. The normalized spacial score (nSPS) is 12.1. The predicted molar refractivity (Wildman–Crippen MR) is 73.9 cm³/mol. The lowest BCUT2D eigenvalue weighted by atomic mass is 9.96. The molecule has 5 nitrogen and oxygen atoms in total. The molecule has 104 valence electrons. The average Bonchev–Trinajstić information content (AvgIpc) is 2.96. The highest BCUT2D eigenvalue weighted by molar-refractivity contribution is 6.07. The van der Waals surface area contributed by atoms with Gasteiger partial charge in [0.25, 0.3) is 0 Å². The number of nitrogens with zero attached hydrogens (tertiary/aromatic N) is 1. The van der Waals surface area contributed by atoms with Gasteiger partial charge in [-0.3, -0.25) is 14.9 Å². The summed E-state index contributed by atoms with van der Waals surface area (Å²) in [5.41, 5.74) is 1.62. The van der Waals surface area contributed by atoms with Gasteiger partial charge in [0, 0.05) is 5.56 Å². The van der Waals surface area contributed by atoms with E-state index in [1.807, 2.05) is 12.1 Å². The molecule has 5 heteroatoms. The number of hydrogen-bond acceptors (Lipinski definition) is 4. The third-order valence-electron chi connectivity index (χ3n) is 3.35. The molecular weight excluding hydrogens is 258 g/mol. The molecule has 2 rings (SSSR count). The number of hydrogen-bond donors (Lipinski definition) is 0. The molecule has 0 saturated carbocycles. The minimum atomic E-state index is -0.664. The molecule has 0 aliphatic carbocycles. The van der Waals surface area contributed by atoms with Crippen LogP contribution in [-0.4, -0.2) is 10.7 Å². The smallest absolute Gasteiger partial charge is 0.397 e. The second kappa shape index (κ2) is 5.69. The Balaban J connectivity index is 2.22. The Labute approximate surface area is 116 Å². The van der Waals surface area contributed by atoms with Crippen molar-refractivity contribution in [2.75, 3.05) is 0 Å². The quantitative estimate of drug-likeness (QED) is 0.470. The van der Waals surface area contributed by atoms with Crippen molar-refractivity contribution in [2.45, 2.75) is 26.2 Å². The van der Waals surface area contributed by atoms with Gasteiger partial charge in [0.05, 0.1) is 6.07 Å². The van der Waals surface area contributed by atoms with Crippen LogP contribution in [0, 0.1) is 10.1 Å². The van der Waals surface area contributed by atoms with Crippen molar-refractivity contribution in [3.63, 3.8) is 0 Å². The maximum absolute atomic E-state index is 12.1. The van der Waals surface area contributed by atoms with Gasteiger partial charge in [-0.2, -0.15) is 0 Å². The lowest BCUT2D eigenvalue weighted by Crippen LogP contribution is -2.00. The molecule has 0 amide bonds. The number of carbonyl (C=O) groups excluding carboxylic acids is 1. The standard InChI is InChI=1S/C15H15NO4/c1-3-10(2)11-4-6-12(7-5-11)15(17)13-8-9-14(20-13)16(18)19/h4-10H,3H2,1-2H3. The topological polar surface area (TPSA) is 73.3 Å². The minimum Gasteiger partial charge on any atom is -0.397 e. The molecule has 0 fully saturated rings. The Bertz CT molecular complexity index is 628. The zero-order valence-corrected chi connectivity index (χ0v) is 11.3. The van der Waals surface area contributed by atoms with Gasteiger partial charge >= 0.3 is 5.88 Å². The molecule has 1 unspecified atom stereocenters. The van der Waals surface area contributed by atoms with E-state index in [1.165, 1.54) is 12.1 Å². The lowest BCUT2D eigenvalue weighted by molar-refractivity contribution is -0.402. The van der Waals surface area contributed by atoms with Gasteiger partial charge in [0.1, 0.15) is 4.92 Å². The molecular formula is C15H15NO4. The first-order chi connectivity index (χ1) is 9.52. The van der Waals surface area contributed by atoms with Crippen LogP contribution >= 0.6 is 0 Å². The van der Waals surface area contributed by atoms with Crippen LogP contribution in [0.1, 0.15) is 47.9 Å². The van der Waals surface area contributed by atoms with Crippen molar-refractivity contribution >= 4 is 11.7 Å². The summed E-state index contributed by atoms with van der Waals surface area (Å²) in [6, 6.07) is 9.75. The first-order valence-electron chi connectivity index (χ1n) is 6.41. The summed E-state index contributed by atoms with van der Waals surface area (Å²) >= 11 is 0. The molecule has 1 atom stereocenters. The second-order valence-electron chi connectivity index (χ2n) is 4.66. The Morgan fingerprint density at radius 1 is 1.25 bits per heavy atom.